The van der Waals surface area contributed by atoms with Crippen LogP contribution in [-0.2, 0) is 6.54 Å². The Kier molecular flexibility index (Phi) is 8.14. The fourth-order valence-electron chi connectivity index (χ4n) is 5.23. The number of hydrogen-bond donors (Lipinski definition) is 1. The van der Waals surface area contributed by atoms with Crippen molar-refractivity contribution in [3.05, 3.63) is 82.4 Å². The first-order valence-electron chi connectivity index (χ1n) is 12.6. The lowest BCUT2D eigenvalue weighted by Crippen LogP contribution is -2.49. The number of aryl methyl sites for hydroxylation is 3. The molecule has 3 aromatic rings. The highest BCUT2D eigenvalue weighted by atomic mass is 19.4. The highest BCUT2D eigenvalue weighted by Crippen LogP contribution is 2.45. The highest BCUT2D eigenvalue weighted by Gasteiger charge is 2.51. The summed E-state index contributed by atoms with van der Waals surface area (Å²) in [5.41, 5.74) is 3.55. The maximum Gasteiger partial charge on any atom is 0.393 e. The number of carbonyl (C=O) groups excluding carboxylic acids is 1. The summed E-state index contributed by atoms with van der Waals surface area (Å²) in [5, 5.41) is 2.76. The van der Waals surface area contributed by atoms with Gasteiger partial charge in [0.05, 0.1) is 11.8 Å². The Morgan fingerprint density at radius 3 is 2.08 bits per heavy atom. The molecule has 0 spiro atoms. The number of carbonyl (C=O) groups is 1. The smallest absolute Gasteiger partial charge is 0.370 e. The maximum absolute atomic E-state index is 13.8. The van der Waals surface area contributed by atoms with Gasteiger partial charge in [0.15, 0.2) is 0 Å². The van der Waals surface area contributed by atoms with E-state index in [1.54, 1.807) is 45.0 Å². The molecule has 1 amide bonds. The van der Waals surface area contributed by atoms with E-state index in [-0.39, 0.29) is 17.8 Å². The third-order valence-corrected chi connectivity index (χ3v) is 7.09. The van der Waals surface area contributed by atoms with Crippen LogP contribution in [-0.4, -0.2) is 36.3 Å². The summed E-state index contributed by atoms with van der Waals surface area (Å²) in [7, 11) is 0. The monoisotopic (exact) mass is 567 g/mol. The van der Waals surface area contributed by atoms with Crippen LogP contribution in [0.1, 0.15) is 39.3 Å². The van der Waals surface area contributed by atoms with E-state index in [0.717, 1.165) is 11.0 Å². The normalized spacial score (nSPS) is 18.1. The summed E-state index contributed by atoms with van der Waals surface area (Å²) in [6.45, 7) is 3.72. The zero-order chi connectivity index (χ0) is 29.4. The first kappa shape index (κ1) is 29.4. The predicted octanol–water partition coefficient (Wildman–Crippen LogP) is 7.31. The maximum atomic E-state index is 13.8. The summed E-state index contributed by atoms with van der Waals surface area (Å²) >= 11 is 0. The lowest BCUT2D eigenvalue weighted by Gasteiger charge is -2.41. The van der Waals surface area contributed by atoms with Gasteiger partial charge in [-0.1, -0.05) is 12.1 Å². The van der Waals surface area contributed by atoms with Crippen molar-refractivity contribution in [2.24, 2.45) is 11.8 Å². The van der Waals surface area contributed by atoms with Gasteiger partial charge in [-0.05, 0) is 80.3 Å². The molecule has 1 saturated heterocycles. The Morgan fingerprint density at radius 1 is 0.925 bits per heavy atom. The number of benzene rings is 2. The van der Waals surface area contributed by atoms with Gasteiger partial charge in [-0.25, -0.2) is 4.39 Å². The summed E-state index contributed by atoms with van der Waals surface area (Å²) in [4.78, 5) is 18.4. The molecule has 0 aliphatic carbocycles. The molecule has 214 valence electrons. The van der Waals surface area contributed by atoms with Crippen molar-refractivity contribution in [3.63, 3.8) is 0 Å². The van der Waals surface area contributed by atoms with Gasteiger partial charge < -0.3 is 10.2 Å². The molecule has 40 heavy (non-hydrogen) atoms. The van der Waals surface area contributed by atoms with Crippen LogP contribution in [0.25, 0.3) is 11.1 Å². The summed E-state index contributed by atoms with van der Waals surface area (Å²) in [5.74, 6) is -5.32. The molecule has 11 heteroatoms. The van der Waals surface area contributed by atoms with E-state index in [1.807, 2.05) is 0 Å². The molecule has 2 heterocycles. The SMILES string of the molecule is Cc1cc(-c2c(CNC(=O)c3ccc(F)cc3C)cccc2N2C[C@H](C(F)(F)F)C[C@H](C(F)(F)F)C2)cc(C)n1. The van der Waals surface area contributed by atoms with Crippen molar-refractivity contribution in [2.75, 3.05) is 18.0 Å². The molecule has 1 fully saturated rings. The Bertz CT molecular complexity index is 1360. The molecular formula is C29H28F7N3O. The van der Waals surface area contributed by atoms with Crippen LogP contribution in [0.2, 0.25) is 0 Å². The molecule has 4 nitrogen and oxygen atoms in total. The Morgan fingerprint density at radius 2 is 1.52 bits per heavy atom. The van der Waals surface area contributed by atoms with E-state index in [9.17, 15) is 35.5 Å². The molecule has 2 atom stereocenters. The summed E-state index contributed by atoms with van der Waals surface area (Å²) in [6.07, 6.45) is -10.6. The minimum Gasteiger partial charge on any atom is -0.370 e. The quantitative estimate of drug-likeness (QED) is 0.329. The first-order valence-corrected chi connectivity index (χ1v) is 12.6. The summed E-state index contributed by atoms with van der Waals surface area (Å²) in [6, 6.07) is 11.8. The van der Waals surface area contributed by atoms with E-state index >= 15 is 0 Å². The zero-order valence-corrected chi connectivity index (χ0v) is 22.1. The topological polar surface area (TPSA) is 45.2 Å². The van der Waals surface area contributed by atoms with E-state index in [4.69, 9.17) is 0 Å². The molecule has 0 bridgehead atoms. The molecular weight excluding hydrogens is 539 g/mol. The van der Waals surface area contributed by atoms with Crippen LogP contribution in [0.3, 0.4) is 0 Å². The molecule has 1 aliphatic rings. The van der Waals surface area contributed by atoms with Gasteiger partial charge in [0.2, 0.25) is 0 Å². The number of amides is 1. The standard InChI is InChI=1S/C29H28F7N3O/c1-16-9-23(30)7-8-24(16)27(40)37-13-19-5-4-6-25(26(19)20-10-17(2)38-18(3)11-20)39-14-21(28(31,32)33)12-22(15-39)29(34,35)36/h4-11,21-22H,12-15H2,1-3H3,(H,37,40)/t21-,22+. The number of alkyl halides is 6. The van der Waals surface area contributed by atoms with Crippen molar-refractivity contribution >= 4 is 11.6 Å². The number of pyridine rings is 1. The molecule has 0 saturated carbocycles. The zero-order valence-electron chi connectivity index (χ0n) is 22.1. The fourth-order valence-corrected chi connectivity index (χ4v) is 5.23. The molecule has 2 aromatic carbocycles. The van der Waals surface area contributed by atoms with E-state index < -0.39 is 55.4 Å². The number of hydrogen-bond acceptors (Lipinski definition) is 3. The van der Waals surface area contributed by atoms with Crippen molar-refractivity contribution in [1.29, 1.82) is 0 Å². The number of nitrogens with zero attached hydrogens (tertiary/aromatic N) is 2. The Hall–Kier alpha value is -3.63. The van der Waals surface area contributed by atoms with Gasteiger partial charge >= 0.3 is 12.4 Å². The Labute approximate surface area is 227 Å². The molecule has 1 aromatic heterocycles. The second kappa shape index (κ2) is 11.1. The minimum atomic E-state index is -4.80. The molecule has 0 radical (unpaired) electrons. The van der Waals surface area contributed by atoms with Crippen molar-refractivity contribution in [1.82, 2.24) is 10.3 Å². The van der Waals surface area contributed by atoms with Crippen LogP contribution in [0, 0.1) is 38.4 Å². The molecule has 4 rings (SSSR count). The van der Waals surface area contributed by atoms with Gasteiger partial charge in [-0.2, -0.15) is 26.3 Å². The number of piperidine rings is 1. The van der Waals surface area contributed by atoms with Crippen molar-refractivity contribution in [2.45, 2.75) is 46.1 Å². The number of aromatic nitrogens is 1. The van der Waals surface area contributed by atoms with Crippen LogP contribution in [0.5, 0.6) is 0 Å². The average molecular weight is 568 g/mol. The first-order chi connectivity index (χ1) is 18.6. The number of halogens is 7. The van der Waals surface area contributed by atoms with Gasteiger partial charge in [-0.3, -0.25) is 9.78 Å². The third-order valence-electron chi connectivity index (χ3n) is 7.09. The van der Waals surface area contributed by atoms with Crippen molar-refractivity contribution < 1.29 is 35.5 Å². The average Bonchev–Trinajstić information content (AvgIpc) is 2.85. The van der Waals surface area contributed by atoms with Gasteiger partial charge in [0.1, 0.15) is 5.82 Å². The second-order valence-corrected chi connectivity index (χ2v) is 10.2. The third kappa shape index (κ3) is 6.56. The number of rotatable bonds is 5. The summed E-state index contributed by atoms with van der Waals surface area (Å²) < 4.78 is 96.0. The van der Waals surface area contributed by atoms with Crippen LogP contribution in [0.4, 0.5) is 36.4 Å². The van der Waals surface area contributed by atoms with Gasteiger partial charge in [-0.15, -0.1) is 0 Å². The molecule has 1 aliphatic heterocycles. The molecule has 1 N–H and O–H groups in total. The van der Waals surface area contributed by atoms with Crippen LogP contribution in [0.15, 0.2) is 48.5 Å². The van der Waals surface area contributed by atoms with Gasteiger partial charge in [0.25, 0.3) is 5.91 Å². The molecule has 0 unspecified atom stereocenters. The minimum absolute atomic E-state index is 0.0710. The van der Waals surface area contributed by atoms with Crippen LogP contribution < -0.4 is 10.2 Å². The largest absolute Gasteiger partial charge is 0.393 e. The van der Waals surface area contributed by atoms with E-state index in [2.05, 4.69) is 10.3 Å². The fraction of sp³-hybridized carbons (Fsp3) is 0.379. The predicted molar refractivity (Wildman–Crippen MR) is 137 cm³/mol. The van der Waals surface area contributed by atoms with Gasteiger partial charge in [0, 0.05) is 47.8 Å². The Balaban J connectivity index is 1.78. The van der Waals surface area contributed by atoms with Crippen LogP contribution >= 0.6 is 0 Å². The number of nitrogens with one attached hydrogen (secondary N) is 1. The van der Waals surface area contributed by atoms with E-state index in [0.29, 0.717) is 33.6 Å². The lowest BCUT2D eigenvalue weighted by molar-refractivity contribution is -0.214. The lowest BCUT2D eigenvalue weighted by atomic mass is 9.86. The highest BCUT2D eigenvalue weighted by molar-refractivity contribution is 5.95. The van der Waals surface area contributed by atoms with E-state index in [1.165, 1.54) is 18.2 Å². The number of anilines is 1. The second-order valence-electron chi connectivity index (χ2n) is 10.2. The van der Waals surface area contributed by atoms with Crippen molar-refractivity contribution in [3.8, 4) is 11.1 Å².